The molecular weight excluding hydrogens is 460 g/mol. The molecule has 9 nitrogen and oxygen atoms in total. The van der Waals surface area contributed by atoms with E-state index in [9.17, 15) is 24.0 Å². The Hall–Kier alpha value is -3.23. The van der Waals surface area contributed by atoms with Crippen molar-refractivity contribution in [3.8, 4) is 0 Å². The summed E-state index contributed by atoms with van der Waals surface area (Å²) in [4.78, 5) is 65.7. The number of carbonyl (C=O) groups excluding carboxylic acids is 5. The maximum absolute atomic E-state index is 13.4. The van der Waals surface area contributed by atoms with E-state index in [0.717, 1.165) is 37.3 Å². The van der Waals surface area contributed by atoms with Gasteiger partial charge in [0.25, 0.3) is 11.8 Å². The van der Waals surface area contributed by atoms with Gasteiger partial charge in [0.15, 0.2) is 0 Å². The third-order valence-electron chi connectivity index (χ3n) is 8.24. The lowest BCUT2D eigenvalue weighted by atomic mass is 9.95. The third kappa shape index (κ3) is 4.88. The van der Waals surface area contributed by atoms with Gasteiger partial charge in [0.1, 0.15) is 6.04 Å². The van der Waals surface area contributed by atoms with Crippen molar-refractivity contribution < 1.29 is 24.0 Å². The predicted molar refractivity (Wildman–Crippen MR) is 132 cm³/mol. The number of imide groups is 2. The van der Waals surface area contributed by atoms with Crippen LogP contribution in [0.5, 0.6) is 0 Å². The third-order valence-corrected chi connectivity index (χ3v) is 8.24. The Balaban J connectivity index is 1.18. The highest BCUT2D eigenvalue weighted by atomic mass is 16.2. The normalized spacial score (nSPS) is 23.3. The Labute approximate surface area is 210 Å². The Morgan fingerprint density at radius 2 is 1.69 bits per heavy atom. The minimum atomic E-state index is -0.967. The average Bonchev–Trinajstić information content (AvgIpc) is 3.49. The second-order valence-electron chi connectivity index (χ2n) is 10.6. The van der Waals surface area contributed by atoms with Crippen LogP contribution in [0.25, 0.3) is 0 Å². The van der Waals surface area contributed by atoms with E-state index in [4.69, 9.17) is 0 Å². The summed E-state index contributed by atoms with van der Waals surface area (Å²) in [5, 5.41) is 5.34. The van der Waals surface area contributed by atoms with Crippen LogP contribution in [0.3, 0.4) is 0 Å². The zero-order valence-corrected chi connectivity index (χ0v) is 20.6. The molecule has 192 valence electrons. The lowest BCUT2D eigenvalue weighted by molar-refractivity contribution is -0.136. The van der Waals surface area contributed by atoms with Gasteiger partial charge in [0, 0.05) is 32.5 Å². The number of nitrogens with one attached hydrogen (secondary N) is 2. The van der Waals surface area contributed by atoms with E-state index in [0.29, 0.717) is 41.6 Å². The molecular formula is C27H34N4O5. The number of rotatable bonds is 7. The average molecular weight is 495 g/mol. The molecule has 1 aromatic rings. The largest absolute Gasteiger partial charge is 0.371 e. The number of amides is 5. The molecule has 1 aromatic carbocycles. The molecule has 3 aliphatic heterocycles. The number of carbonyl (C=O) groups is 5. The zero-order chi connectivity index (χ0) is 25.2. The summed E-state index contributed by atoms with van der Waals surface area (Å²) in [6.07, 6.45) is 8.71. The molecule has 4 aliphatic rings. The smallest absolute Gasteiger partial charge is 0.264 e. The Kier molecular flexibility index (Phi) is 7.07. The molecule has 3 heterocycles. The fourth-order valence-corrected chi connectivity index (χ4v) is 6.12. The van der Waals surface area contributed by atoms with Crippen molar-refractivity contribution in [1.29, 1.82) is 0 Å². The van der Waals surface area contributed by atoms with Crippen molar-refractivity contribution in [2.75, 3.05) is 24.5 Å². The highest BCUT2D eigenvalue weighted by Crippen LogP contribution is 2.35. The minimum Gasteiger partial charge on any atom is -0.371 e. The fraction of sp³-hybridized carbons (Fsp3) is 0.593. The van der Waals surface area contributed by atoms with Crippen molar-refractivity contribution in [2.24, 2.45) is 11.8 Å². The Morgan fingerprint density at radius 3 is 2.42 bits per heavy atom. The topological polar surface area (TPSA) is 116 Å². The maximum atomic E-state index is 13.4. The van der Waals surface area contributed by atoms with Gasteiger partial charge in [0.05, 0.1) is 16.8 Å². The van der Waals surface area contributed by atoms with E-state index >= 15 is 0 Å². The minimum absolute atomic E-state index is 0.0985. The van der Waals surface area contributed by atoms with Gasteiger partial charge in [-0.2, -0.15) is 0 Å². The molecule has 0 bridgehead atoms. The molecule has 5 amide bonds. The van der Waals surface area contributed by atoms with Crippen LogP contribution in [-0.4, -0.2) is 60.1 Å². The van der Waals surface area contributed by atoms with Gasteiger partial charge in [0.2, 0.25) is 17.7 Å². The van der Waals surface area contributed by atoms with Crippen molar-refractivity contribution in [2.45, 2.75) is 70.3 Å². The first-order chi connectivity index (χ1) is 17.4. The zero-order valence-electron chi connectivity index (χ0n) is 20.6. The number of hydrogen-bond acceptors (Lipinski definition) is 6. The number of anilines is 1. The SMILES string of the molecule is O=C(CCC1CCCC1)NCC1CCN(c2cccc3c2C(=O)N(C2CCC(=O)NC2=O)C3=O)CC1. The predicted octanol–water partition coefficient (Wildman–Crippen LogP) is 2.39. The van der Waals surface area contributed by atoms with Crippen molar-refractivity contribution in [3.63, 3.8) is 0 Å². The maximum Gasteiger partial charge on any atom is 0.264 e. The van der Waals surface area contributed by atoms with E-state index < -0.39 is 23.8 Å². The standard InChI is InChI=1S/C27H34N4O5/c32-22(10-8-17-4-1-2-5-17)28-16-18-12-14-30(15-13-18)20-7-3-6-19-24(20)27(36)31(26(19)35)21-9-11-23(33)29-25(21)34/h3,6-7,17-18,21H,1-2,4-5,8-16H2,(H,28,32)(H,29,33,34). The quantitative estimate of drug-likeness (QED) is 0.563. The molecule has 1 saturated carbocycles. The van der Waals surface area contributed by atoms with Crippen molar-refractivity contribution in [1.82, 2.24) is 15.5 Å². The van der Waals surface area contributed by atoms with Gasteiger partial charge in [-0.15, -0.1) is 0 Å². The number of fused-ring (bicyclic) bond motifs is 1. The molecule has 3 fully saturated rings. The molecule has 0 spiro atoms. The van der Waals surface area contributed by atoms with Gasteiger partial charge < -0.3 is 10.2 Å². The summed E-state index contributed by atoms with van der Waals surface area (Å²) < 4.78 is 0. The van der Waals surface area contributed by atoms with Crippen LogP contribution in [0.4, 0.5) is 5.69 Å². The molecule has 5 rings (SSSR count). The monoisotopic (exact) mass is 494 g/mol. The second-order valence-corrected chi connectivity index (χ2v) is 10.6. The van der Waals surface area contributed by atoms with E-state index in [1.165, 1.54) is 25.7 Å². The number of benzene rings is 1. The summed E-state index contributed by atoms with van der Waals surface area (Å²) in [6, 6.07) is 4.28. The van der Waals surface area contributed by atoms with E-state index in [1.807, 2.05) is 6.07 Å². The summed E-state index contributed by atoms with van der Waals surface area (Å²) in [5.41, 5.74) is 1.35. The van der Waals surface area contributed by atoms with Gasteiger partial charge in [-0.25, -0.2) is 0 Å². The van der Waals surface area contributed by atoms with Gasteiger partial charge in [-0.05, 0) is 49.7 Å². The molecule has 2 N–H and O–H groups in total. The number of hydrogen-bond donors (Lipinski definition) is 2. The van der Waals surface area contributed by atoms with E-state index in [-0.39, 0.29) is 24.7 Å². The highest BCUT2D eigenvalue weighted by molar-refractivity contribution is 6.25. The van der Waals surface area contributed by atoms with Gasteiger partial charge >= 0.3 is 0 Å². The van der Waals surface area contributed by atoms with Gasteiger partial charge in [-0.1, -0.05) is 31.7 Å². The molecule has 1 unspecified atom stereocenters. The van der Waals surface area contributed by atoms with Crippen LogP contribution < -0.4 is 15.5 Å². The lowest BCUT2D eigenvalue weighted by Crippen LogP contribution is -2.54. The summed E-state index contributed by atoms with van der Waals surface area (Å²) in [5.74, 6) is -0.714. The van der Waals surface area contributed by atoms with Crippen LogP contribution in [-0.2, 0) is 14.4 Å². The van der Waals surface area contributed by atoms with E-state index in [2.05, 4.69) is 15.5 Å². The molecule has 0 aromatic heterocycles. The van der Waals surface area contributed by atoms with Crippen LogP contribution in [0.1, 0.15) is 84.9 Å². The second kappa shape index (κ2) is 10.4. The summed E-state index contributed by atoms with van der Waals surface area (Å²) in [6.45, 7) is 2.11. The highest BCUT2D eigenvalue weighted by Gasteiger charge is 2.46. The number of nitrogens with zero attached hydrogens (tertiary/aromatic N) is 2. The van der Waals surface area contributed by atoms with Crippen LogP contribution in [0.2, 0.25) is 0 Å². The Bertz CT molecular complexity index is 1070. The van der Waals surface area contributed by atoms with Crippen LogP contribution in [0.15, 0.2) is 18.2 Å². The molecule has 9 heteroatoms. The van der Waals surface area contributed by atoms with Crippen LogP contribution in [0, 0.1) is 11.8 Å². The first-order valence-corrected chi connectivity index (χ1v) is 13.3. The number of piperidine rings is 2. The molecule has 0 radical (unpaired) electrons. The fourth-order valence-electron chi connectivity index (χ4n) is 6.12. The first-order valence-electron chi connectivity index (χ1n) is 13.3. The lowest BCUT2D eigenvalue weighted by Gasteiger charge is -2.34. The van der Waals surface area contributed by atoms with Crippen LogP contribution >= 0.6 is 0 Å². The molecule has 1 aliphatic carbocycles. The first kappa shape index (κ1) is 24.5. The van der Waals surface area contributed by atoms with Gasteiger partial charge in [-0.3, -0.25) is 34.2 Å². The molecule has 1 atom stereocenters. The summed E-state index contributed by atoms with van der Waals surface area (Å²) >= 11 is 0. The Morgan fingerprint density at radius 1 is 0.944 bits per heavy atom. The summed E-state index contributed by atoms with van der Waals surface area (Å²) in [7, 11) is 0. The van der Waals surface area contributed by atoms with Crippen molar-refractivity contribution >= 4 is 35.2 Å². The molecule has 36 heavy (non-hydrogen) atoms. The molecule has 2 saturated heterocycles. The van der Waals surface area contributed by atoms with E-state index in [1.54, 1.807) is 12.1 Å². The van der Waals surface area contributed by atoms with Crippen molar-refractivity contribution in [3.05, 3.63) is 29.3 Å².